The first kappa shape index (κ1) is 44.2. The molecule has 16 rings (SSSR count). The highest BCUT2D eigenvalue weighted by molar-refractivity contribution is 7.00. The van der Waals surface area contributed by atoms with E-state index in [0.717, 1.165) is 78.1 Å². The molecule has 362 valence electrons. The van der Waals surface area contributed by atoms with Crippen molar-refractivity contribution in [2.24, 2.45) is 0 Å². The highest BCUT2D eigenvalue weighted by Gasteiger charge is 2.44. The molecule has 0 saturated heterocycles. The number of anilines is 6. The lowest BCUT2D eigenvalue weighted by molar-refractivity contribution is 0.669. The van der Waals surface area contributed by atoms with Crippen molar-refractivity contribution in [3.8, 4) is 55.6 Å². The van der Waals surface area contributed by atoms with Crippen LogP contribution in [0.15, 0.2) is 290 Å². The zero-order valence-electron chi connectivity index (χ0n) is 42.5. The van der Waals surface area contributed by atoms with Crippen LogP contribution in [0.1, 0.15) is 0 Å². The van der Waals surface area contributed by atoms with E-state index in [-0.39, 0.29) is 6.71 Å². The molecule has 78 heavy (non-hydrogen) atoms. The summed E-state index contributed by atoms with van der Waals surface area (Å²) in [6.07, 6.45) is 0. The van der Waals surface area contributed by atoms with Gasteiger partial charge in [0.2, 0.25) is 0 Å². The molecule has 14 aromatic rings. The quantitative estimate of drug-likeness (QED) is 0.148. The SMILES string of the molecule is c1ccc(-c2cc(-c3ccccc3)cc(N3c4cc5ccccc5cc4B4c5cc6ccccc6cc5N(c5cc(-c6ccccc6)cc(-c6ccccc6)c5)c5cc(-c6ccc7oc8ccccc8c7c6)cc3c54)c2)cc1. The van der Waals surface area contributed by atoms with Gasteiger partial charge in [0.25, 0.3) is 6.71 Å². The molecule has 0 fully saturated rings. The third-order valence-electron chi connectivity index (χ3n) is 16.3. The zero-order chi connectivity index (χ0) is 51.3. The van der Waals surface area contributed by atoms with Gasteiger partial charge in [-0.3, -0.25) is 0 Å². The molecule has 2 aliphatic heterocycles. The monoisotopic (exact) mass is 990 g/mol. The Bertz CT molecular complexity index is 4330. The van der Waals surface area contributed by atoms with Gasteiger partial charge in [0.1, 0.15) is 11.2 Å². The Balaban J connectivity index is 1.05. The van der Waals surface area contributed by atoms with E-state index >= 15 is 0 Å². The molecule has 0 N–H and O–H groups in total. The molecule has 2 aliphatic rings. The van der Waals surface area contributed by atoms with Gasteiger partial charge >= 0.3 is 0 Å². The topological polar surface area (TPSA) is 19.6 Å². The second kappa shape index (κ2) is 17.7. The van der Waals surface area contributed by atoms with E-state index < -0.39 is 0 Å². The summed E-state index contributed by atoms with van der Waals surface area (Å²) in [5.74, 6) is 0. The van der Waals surface area contributed by atoms with Crippen molar-refractivity contribution in [3.63, 3.8) is 0 Å². The van der Waals surface area contributed by atoms with Crippen LogP contribution in [-0.2, 0) is 0 Å². The number of benzene rings is 13. The number of furan rings is 1. The third kappa shape index (κ3) is 7.22. The minimum atomic E-state index is -0.118. The molecule has 13 aromatic carbocycles. The van der Waals surface area contributed by atoms with Gasteiger partial charge in [0.15, 0.2) is 0 Å². The molecule has 0 spiro atoms. The van der Waals surface area contributed by atoms with E-state index in [1.807, 2.05) is 6.07 Å². The number of hydrogen-bond acceptors (Lipinski definition) is 3. The first-order chi connectivity index (χ1) is 38.6. The van der Waals surface area contributed by atoms with Crippen LogP contribution in [0.25, 0.3) is 99.1 Å². The lowest BCUT2D eigenvalue weighted by Gasteiger charge is -2.45. The normalized spacial score (nSPS) is 12.5. The Labute approximate surface area is 453 Å². The fourth-order valence-electron chi connectivity index (χ4n) is 12.7. The summed E-state index contributed by atoms with van der Waals surface area (Å²) in [5, 5.41) is 7.03. The van der Waals surface area contributed by atoms with Gasteiger partial charge in [-0.05, 0) is 172 Å². The minimum absolute atomic E-state index is 0.118. The molecular formula is C74H47BN2O. The van der Waals surface area contributed by atoms with Gasteiger partial charge in [0, 0.05) is 44.9 Å². The predicted molar refractivity (Wildman–Crippen MR) is 330 cm³/mol. The molecule has 0 radical (unpaired) electrons. The van der Waals surface area contributed by atoms with Crippen molar-refractivity contribution in [1.29, 1.82) is 0 Å². The van der Waals surface area contributed by atoms with E-state index in [1.54, 1.807) is 0 Å². The number of hydrogen-bond donors (Lipinski definition) is 0. The van der Waals surface area contributed by atoms with Crippen molar-refractivity contribution in [2.45, 2.75) is 0 Å². The highest BCUT2D eigenvalue weighted by Crippen LogP contribution is 2.50. The zero-order valence-corrected chi connectivity index (χ0v) is 42.5. The largest absolute Gasteiger partial charge is 0.456 e. The van der Waals surface area contributed by atoms with Crippen LogP contribution in [0.2, 0.25) is 0 Å². The smallest absolute Gasteiger partial charge is 0.252 e. The van der Waals surface area contributed by atoms with Gasteiger partial charge in [-0.2, -0.15) is 0 Å². The third-order valence-corrected chi connectivity index (χ3v) is 16.3. The maximum Gasteiger partial charge on any atom is 0.252 e. The van der Waals surface area contributed by atoms with Crippen molar-refractivity contribution >= 4 is 101 Å². The summed E-state index contributed by atoms with van der Waals surface area (Å²) in [6.45, 7) is -0.118. The van der Waals surface area contributed by atoms with Crippen LogP contribution in [0.3, 0.4) is 0 Å². The number of rotatable bonds is 7. The lowest BCUT2D eigenvalue weighted by atomic mass is 9.33. The Hall–Kier alpha value is -10.2. The standard InChI is InChI=1S/C74H47BN2O/c1-5-19-48(20-6-1)57-35-58(49-21-7-2-8-22-49)38-62(37-57)76-68-44-54-29-15-13-27-52(54)42-66(68)75-67-43-53-28-14-16-30-55(53)45-69(67)77(63-39-59(50-23-9-3-10-24-50)36-60(40-63)51-25-11-4-12-26-51)71-47-61(46-70(76)74(71)75)56-33-34-73-65(41-56)64-31-17-18-32-72(64)78-73/h1-47H. The molecule has 4 heteroatoms. The molecular weight excluding hydrogens is 944 g/mol. The first-order valence-electron chi connectivity index (χ1n) is 26.9. The second-order valence-corrected chi connectivity index (χ2v) is 20.9. The number of para-hydroxylation sites is 1. The van der Waals surface area contributed by atoms with E-state index in [2.05, 4.69) is 289 Å². The minimum Gasteiger partial charge on any atom is -0.456 e. The van der Waals surface area contributed by atoms with Crippen LogP contribution in [-0.4, -0.2) is 6.71 Å². The van der Waals surface area contributed by atoms with Crippen LogP contribution in [0, 0.1) is 0 Å². The van der Waals surface area contributed by atoms with Gasteiger partial charge in [-0.15, -0.1) is 0 Å². The maximum absolute atomic E-state index is 6.47. The average molecular weight is 991 g/mol. The van der Waals surface area contributed by atoms with E-state index in [1.165, 1.54) is 71.6 Å². The van der Waals surface area contributed by atoms with Crippen molar-refractivity contribution in [1.82, 2.24) is 0 Å². The predicted octanol–water partition coefficient (Wildman–Crippen LogP) is 18.3. The molecule has 0 aliphatic carbocycles. The Morgan fingerprint density at radius 1 is 0.244 bits per heavy atom. The van der Waals surface area contributed by atoms with Crippen LogP contribution < -0.4 is 26.2 Å². The summed E-state index contributed by atoms with van der Waals surface area (Å²) in [6, 6.07) is 105. The van der Waals surface area contributed by atoms with Crippen molar-refractivity contribution in [3.05, 3.63) is 285 Å². The van der Waals surface area contributed by atoms with Gasteiger partial charge < -0.3 is 14.2 Å². The summed E-state index contributed by atoms with van der Waals surface area (Å²) >= 11 is 0. The number of fused-ring (bicyclic) bond motifs is 9. The van der Waals surface area contributed by atoms with Crippen molar-refractivity contribution in [2.75, 3.05) is 9.80 Å². The van der Waals surface area contributed by atoms with Crippen molar-refractivity contribution < 1.29 is 4.42 Å². The molecule has 1 aromatic heterocycles. The molecule has 3 nitrogen and oxygen atoms in total. The van der Waals surface area contributed by atoms with Gasteiger partial charge in [-0.25, -0.2) is 0 Å². The van der Waals surface area contributed by atoms with Gasteiger partial charge in [0.05, 0.1) is 0 Å². The molecule has 0 atom stereocenters. The first-order valence-corrected chi connectivity index (χ1v) is 26.9. The maximum atomic E-state index is 6.47. The van der Waals surface area contributed by atoms with E-state index in [4.69, 9.17) is 4.42 Å². The lowest BCUT2D eigenvalue weighted by Crippen LogP contribution is -2.61. The fraction of sp³-hybridized carbons (Fsp3) is 0. The number of nitrogens with zero attached hydrogens (tertiary/aromatic N) is 2. The Morgan fingerprint density at radius 2 is 0.615 bits per heavy atom. The van der Waals surface area contributed by atoms with E-state index in [9.17, 15) is 0 Å². The summed E-state index contributed by atoms with van der Waals surface area (Å²) < 4.78 is 6.47. The van der Waals surface area contributed by atoms with Crippen LogP contribution in [0.5, 0.6) is 0 Å². The molecule has 0 bridgehead atoms. The second-order valence-electron chi connectivity index (χ2n) is 20.9. The molecule has 3 heterocycles. The highest BCUT2D eigenvalue weighted by atomic mass is 16.3. The van der Waals surface area contributed by atoms with Crippen LogP contribution in [0.4, 0.5) is 34.1 Å². The Morgan fingerprint density at radius 3 is 1.06 bits per heavy atom. The van der Waals surface area contributed by atoms with Gasteiger partial charge in [-0.1, -0.05) is 206 Å². The Kier molecular flexibility index (Phi) is 10.0. The summed E-state index contributed by atoms with van der Waals surface area (Å²) in [5.41, 5.74) is 23.9. The fourth-order valence-corrected chi connectivity index (χ4v) is 12.7. The molecule has 0 saturated carbocycles. The summed E-state index contributed by atoms with van der Waals surface area (Å²) in [7, 11) is 0. The summed E-state index contributed by atoms with van der Waals surface area (Å²) in [4.78, 5) is 5.18. The van der Waals surface area contributed by atoms with E-state index in [0.29, 0.717) is 0 Å². The average Bonchev–Trinajstić information content (AvgIpc) is 4.04. The molecule has 0 unspecified atom stereocenters. The molecule has 0 amide bonds. The van der Waals surface area contributed by atoms with Crippen LogP contribution >= 0.6 is 0 Å².